The number of para-hydroxylation sites is 1. The monoisotopic (exact) mass is 244 g/mol. The minimum Gasteiger partial charge on any atom is -0.370 e. The molecule has 4 nitrogen and oxygen atoms in total. The van der Waals surface area contributed by atoms with Crippen LogP contribution in [0.4, 0.5) is 10.1 Å². The van der Waals surface area contributed by atoms with Crippen molar-refractivity contribution in [1.82, 2.24) is 4.98 Å². The highest BCUT2D eigenvalue weighted by atomic mass is 19.1. The van der Waals surface area contributed by atoms with Crippen molar-refractivity contribution in [2.75, 3.05) is 5.32 Å². The summed E-state index contributed by atoms with van der Waals surface area (Å²) in [5.41, 5.74) is 6.80. The molecule has 3 N–H and O–H groups in total. The van der Waals surface area contributed by atoms with E-state index < -0.39 is 0 Å². The third-order valence-corrected chi connectivity index (χ3v) is 2.28. The van der Waals surface area contributed by atoms with Gasteiger partial charge in [0.1, 0.15) is 5.82 Å². The molecule has 92 valence electrons. The minimum atomic E-state index is -0.381. The summed E-state index contributed by atoms with van der Waals surface area (Å²) >= 11 is 0. The number of aromatic nitrogens is 1. The molecule has 0 spiro atoms. The molecule has 18 heavy (non-hydrogen) atoms. The van der Waals surface area contributed by atoms with Gasteiger partial charge >= 0.3 is 0 Å². The first kappa shape index (κ1) is 12.0. The van der Waals surface area contributed by atoms with Gasteiger partial charge in [0.2, 0.25) is 0 Å². The molecule has 0 fully saturated rings. The van der Waals surface area contributed by atoms with Gasteiger partial charge in [-0.15, -0.1) is 0 Å². The molecule has 0 saturated heterocycles. The Morgan fingerprint density at radius 1 is 1.22 bits per heavy atom. The van der Waals surface area contributed by atoms with Gasteiger partial charge in [-0.25, -0.2) is 9.38 Å². The molecule has 0 saturated carbocycles. The van der Waals surface area contributed by atoms with Gasteiger partial charge in [-0.1, -0.05) is 18.2 Å². The van der Waals surface area contributed by atoms with Crippen LogP contribution < -0.4 is 11.1 Å². The number of nitrogens with two attached hydrogens (primary N) is 1. The average Bonchev–Trinajstić information content (AvgIpc) is 2.39. The molecule has 0 aliphatic carbocycles. The first-order valence-corrected chi connectivity index (χ1v) is 5.47. The van der Waals surface area contributed by atoms with Crippen LogP contribution in [0.3, 0.4) is 0 Å². The molecule has 0 aliphatic heterocycles. The Balaban J connectivity index is 2.00. The molecule has 1 aromatic carbocycles. The fourth-order valence-electron chi connectivity index (χ4n) is 1.40. The van der Waals surface area contributed by atoms with E-state index in [4.69, 9.17) is 5.73 Å². The van der Waals surface area contributed by atoms with Gasteiger partial charge < -0.3 is 11.1 Å². The minimum absolute atomic E-state index is 0.109. The van der Waals surface area contributed by atoms with E-state index in [1.807, 2.05) is 30.3 Å². The Morgan fingerprint density at radius 3 is 2.72 bits per heavy atom. The van der Waals surface area contributed by atoms with Crippen LogP contribution >= 0.6 is 0 Å². The number of anilines is 1. The number of pyridine rings is 1. The lowest BCUT2D eigenvalue weighted by Crippen LogP contribution is -2.22. The highest BCUT2D eigenvalue weighted by Gasteiger charge is 2.01. The van der Waals surface area contributed by atoms with E-state index in [0.717, 1.165) is 5.69 Å². The number of guanidine groups is 1. The Morgan fingerprint density at radius 2 is 2.00 bits per heavy atom. The highest BCUT2D eigenvalue weighted by molar-refractivity contribution is 5.92. The predicted octanol–water partition coefficient (Wildman–Crippen LogP) is 2.15. The van der Waals surface area contributed by atoms with E-state index >= 15 is 0 Å². The number of aliphatic imine (C=N–C) groups is 1. The van der Waals surface area contributed by atoms with Crippen LogP contribution in [-0.4, -0.2) is 10.9 Å². The number of nitrogens with zero attached hydrogens (tertiary/aromatic N) is 2. The Hall–Kier alpha value is -2.43. The lowest BCUT2D eigenvalue weighted by molar-refractivity contribution is 0.600. The third kappa shape index (κ3) is 3.28. The molecule has 0 aliphatic rings. The molecular formula is C13H13FN4. The Kier molecular flexibility index (Phi) is 3.86. The van der Waals surface area contributed by atoms with Crippen molar-refractivity contribution in [2.24, 2.45) is 10.7 Å². The maximum atomic E-state index is 13.3. The largest absolute Gasteiger partial charge is 0.370 e. The van der Waals surface area contributed by atoms with Crippen LogP contribution in [0, 0.1) is 5.82 Å². The Bertz CT molecular complexity index is 540. The maximum Gasteiger partial charge on any atom is 0.193 e. The molecule has 0 bridgehead atoms. The zero-order valence-corrected chi connectivity index (χ0v) is 9.68. The van der Waals surface area contributed by atoms with Crippen molar-refractivity contribution in [3.8, 4) is 0 Å². The molecule has 0 radical (unpaired) electrons. The Labute approximate surface area is 104 Å². The van der Waals surface area contributed by atoms with E-state index in [1.165, 1.54) is 18.3 Å². The topological polar surface area (TPSA) is 63.3 Å². The van der Waals surface area contributed by atoms with Crippen LogP contribution in [0.25, 0.3) is 0 Å². The van der Waals surface area contributed by atoms with Crippen LogP contribution in [0.2, 0.25) is 0 Å². The van der Waals surface area contributed by atoms with Crippen LogP contribution in [-0.2, 0) is 6.54 Å². The second-order valence-corrected chi connectivity index (χ2v) is 3.62. The van der Waals surface area contributed by atoms with E-state index in [0.29, 0.717) is 0 Å². The van der Waals surface area contributed by atoms with Gasteiger partial charge in [-0.05, 0) is 24.3 Å². The van der Waals surface area contributed by atoms with Crippen LogP contribution in [0.15, 0.2) is 53.7 Å². The summed E-state index contributed by atoms with van der Waals surface area (Å²) < 4.78 is 13.3. The van der Waals surface area contributed by atoms with Gasteiger partial charge in [0.05, 0.1) is 12.2 Å². The van der Waals surface area contributed by atoms with Crippen molar-refractivity contribution >= 4 is 11.6 Å². The number of hydrogen-bond acceptors (Lipinski definition) is 2. The summed E-state index contributed by atoms with van der Waals surface area (Å²) in [6.45, 7) is 0.109. The fraction of sp³-hybridized carbons (Fsp3) is 0.0769. The second-order valence-electron chi connectivity index (χ2n) is 3.62. The van der Waals surface area contributed by atoms with Gasteiger partial charge in [0, 0.05) is 11.9 Å². The first-order chi connectivity index (χ1) is 8.75. The summed E-state index contributed by atoms with van der Waals surface area (Å²) in [6.07, 6.45) is 1.52. The van der Waals surface area contributed by atoms with Gasteiger partial charge in [0.15, 0.2) is 5.96 Å². The summed E-state index contributed by atoms with van der Waals surface area (Å²) in [5.74, 6) is -0.153. The predicted molar refractivity (Wildman–Crippen MR) is 69.6 cm³/mol. The second kappa shape index (κ2) is 5.77. The van der Waals surface area contributed by atoms with Crippen molar-refractivity contribution in [1.29, 1.82) is 0 Å². The van der Waals surface area contributed by atoms with Gasteiger partial charge in [0.25, 0.3) is 0 Å². The number of benzene rings is 1. The van der Waals surface area contributed by atoms with E-state index in [2.05, 4.69) is 15.3 Å². The number of rotatable bonds is 3. The SMILES string of the molecule is NC(=NCc1ncccc1F)Nc1ccccc1. The molecule has 2 rings (SSSR count). The number of halogens is 1. The van der Waals surface area contributed by atoms with Crippen molar-refractivity contribution in [3.05, 3.63) is 60.2 Å². The summed E-state index contributed by atoms with van der Waals surface area (Å²) in [4.78, 5) is 7.92. The average molecular weight is 244 g/mol. The van der Waals surface area contributed by atoms with E-state index in [9.17, 15) is 4.39 Å². The lowest BCUT2D eigenvalue weighted by Gasteiger charge is -2.05. The molecule has 2 aromatic rings. The zero-order valence-electron chi connectivity index (χ0n) is 9.68. The quantitative estimate of drug-likeness (QED) is 0.642. The molecule has 0 amide bonds. The standard InChI is InChI=1S/C13H13FN4/c14-11-7-4-8-16-12(11)9-17-13(15)18-10-5-2-1-3-6-10/h1-8H,9H2,(H3,15,17,18). The molecule has 5 heteroatoms. The van der Waals surface area contributed by atoms with Crippen LogP contribution in [0.1, 0.15) is 5.69 Å². The molecule has 0 atom stereocenters. The van der Waals surface area contributed by atoms with Crippen molar-refractivity contribution < 1.29 is 4.39 Å². The molecule has 0 unspecified atom stereocenters. The number of hydrogen-bond donors (Lipinski definition) is 2. The third-order valence-electron chi connectivity index (χ3n) is 2.28. The van der Waals surface area contributed by atoms with E-state index in [1.54, 1.807) is 0 Å². The zero-order chi connectivity index (χ0) is 12.8. The van der Waals surface area contributed by atoms with Crippen molar-refractivity contribution in [3.63, 3.8) is 0 Å². The molecular weight excluding hydrogens is 231 g/mol. The lowest BCUT2D eigenvalue weighted by atomic mass is 10.3. The highest BCUT2D eigenvalue weighted by Crippen LogP contribution is 2.06. The summed E-state index contributed by atoms with van der Waals surface area (Å²) in [6, 6.07) is 12.3. The fourth-order valence-corrected chi connectivity index (χ4v) is 1.40. The summed E-state index contributed by atoms with van der Waals surface area (Å²) in [5, 5.41) is 2.91. The van der Waals surface area contributed by atoms with Gasteiger partial charge in [-0.3, -0.25) is 4.98 Å². The molecule has 1 aromatic heterocycles. The van der Waals surface area contributed by atoms with E-state index in [-0.39, 0.29) is 24.0 Å². The molecule has 1 heterocycles. The smallest absolute Gasteiger partial charge is 0.193 e. The normalized spacial score (nSPS) is 11.3. The van der Waals surface area contributed by atoms with Crippen LogP contribution in [0.5, 0.6) is 0 Å². The number of nitrogens with one attached hydrogen (secondary N) is 1. The first-order valence-electron chi connectivity index (χ1n) is 5.47. The van der Waals surface area contributed by atoms with Crippen molar-refractivity contribution in [2.45, 2.75) is 6.54 Å². The maximum absolute atomic E-state index is 13.3. The summed E-state index contributed by atoms with van der Waals surface area (Å²) in [7, 11) is 0. The van der Waals surface area contributed by atoms with Gasteiger partial charge in [-0.2, -0.15) is 0 Å².